The molecule has 0 fully saturated rings. The predicted octanol–water partition coefficient (Wildman–Crippen LogP) is 2.46. The zero-order chi connectivity index (χ0) is 9.14. The first-order chi connectivity index (χ1) is 5.65. The first kappa shape index (κ1) is 9.49. The number of carbonyl (C=O) groups is 1. The molecule has 0 aliphatic carbocycles. The maximum Gasteiger partial charge on any atom is 0.179 e. The van der Waals surface area contributed by atoms with Crippen LogP contribution in [-0.4, -0.2) is 16.6 Å². The van der Waals surface area contributed by atoms with Crippen LogP contribution >= 0.6 is 23.2 Å². The molecule has 0 bridgehead atoms. The molecule has 0 aromatic carbocycles. The summed E-state index contributed by atoms with van der Waals surface area (Å²) in [5, 5.41) is 0.418. The number of ketones is 1. The molecular weight excluding hydrogens is 197 g/mol. The number of carbonyl (C=O) groups excluding carboxylic acids is 1. The minimum absolute atomic E-state index is 0.0250. The van der Waals surface area contributed by atoms with E-state index in [9.17, 15) is 4.79 Å². The van der Waals surface area contributed by atoms with Gasteiger partial charge < -0.3 is 0 Å². The molecule has 1 aromatic rings. The fourth-order valence-electron chi connectivity index (χ4n) is 0.788. The zero-order valence-electron chi connectivity index (χ0n) is 6.47. The highest BCUT2D eigenvalue weighted by Crippen LogP contribution is 2.13. The van der Waals surface area contributed by atoms with Gasteiger partial charge in [0.05, 0.1) is 5.88 Å². The zero-order valence-corrected chi connectivity index (χ0v) is 7.99. The fourth-order valence-corrected chi connectivity index (χ4v) is 1.05. The van der Waals surface area contributed by atoms with Crippen LogP contribution in [0.3, 0.4) is 0 Å². The molecule has 12 heavy (non-hydrogen) atoms. The van der Waals surface area contributed by atoms with Crippen molar-refractivity contribution in [2.45, 2.75) is 6.92 Å². The maximum absolute atomic E-state index is 11.1. The Morgan fingerprint density at radius 1 is 1.67 bits per heavy atom. The van der Waals surface area contributed by atoms with Crippen molar-refractivity contribution in [3.63, 3.8) is 0 Å². The smallest absolute Gasteiger partial charge is 0.179 e. The first-order valence-corrected chi connectivity index (χ1v) is 4.27. The van der Waals surface area contributed by atoms with E-state index < -0.39 is 0 Å². The van der Waals surface area contributed by atoms with Gasteiger partial charge in [-0.25, -0.2) is 4.98 Å². The molecule has 1 heterocycles. The van der Waals surface area contributed by atoms with Crippen LogP contribution in [0.5, 0.6) is 0 Å². The van der Waals surface area contributed by atoms with E-state index in [1.807, 2.05) is 0 Å². The van der Waals surface area contributed by atoms with Crippen molar-refractivity contribution >= 4 is 29.0 Å². The van der Waals surface area contributed by atoms with E-state index in [-0.39, 0.29) is 11.7 Å². The number of aryl methyl sites for hydroxylation is 1. The van der Waals surface area contributed by atoms with Crippen molar-refractivity contribution < 1.29 is 4.79 Å². The van der Waals surface area contributed by atoms with Crippen LogP contribution < -0.4 is 0 Å². The molecule has 0 unspecified atom stereocenters. The summed E-state index contributed by atoms with van der Waals surface area (Å²) in [7, 11) is 0. The average Bonchev–Trinajstić information content (AvgIpc) is 2.08. The highest BCUT2D eigenvalue weighted by atomic mass is 35.5. The van der Waals surface area contributed by atoms with Crippen LogP contribution in [0.25, 0.3) is 0 Å². The SMILES string of the molecule is Cc1cc(C(=O)CCl)cnc1Cl. The Kier molecular flexibility index (Phi) is 3.06. The van der Waals surface area contributed by atoms with Gasteiger partial charge in [-0.15, -0.1) is 11.6 Å². The highest BCUT2D eigenvalue weighted by molar-refractivity contribution is 6.31. The molecule has 0 aliphatic heterocycles. The van der Waals surface area contributed by atoms with Crippen LogP contribution in [0.4, 0.5) is 0 Å². The summed E-state index contributed by atoms with van der Waals surface area (Å²) >= 11 is 11.0. The molecule has 0 N–H and O–H groups in total. The minimum atomic E-state index is -0.135. The van der Waals surface area contributed by atoms with Crippen LogP contribution in [0.15, 0.2) is 12.3 Å². The van der Waals surface area contributed by atoms with Gasteiger partial charge in [0.25, 0.3) is 0 Å². The van der Waals surface area contributed by atoms with E-state index in [4.69, 9.17) is 23.2 Å². The van der Waals surface area contributed by atoms with Gasteiger partial charge in [-0.05, 0) is 18.6 Å². The third-order valence-electron chi connectivity index (χ3n) is 1.46. The monoisotopic (exact) mass is 203 g/mol. The van der Waals surface area contributed by atoms with Crippen LogP contribution in [0, 0.1) is 6.92 Å². The second-order valence-electron chi connectivity index (χ2n) is 2.39. The Morgan fingerprint density at radius 3 is 2.83 bits per heavy atom. The summed E-state index contributed by atoms with van der Waals surface area (Å²) in [5.74, 6) is -0.160. The Morgan fingerprint density at radius 2 is 2.33 bits per heavy atom. The highest BCUT2D eigenvalue weighted by Gasteiger charge is 2.05. The van der Waals surface area contributed by atoms with Crippen molar-refractivity contribution in [3.8, 4) is 0 Å². The van der Waals surface area contributed by atoms with Crippen LogP contribution in [0.1, 0.15) is 15.9 Å². The van der Waals surface area contributed by atoms with Gasteiger partial charge in [0, 0.05) is 11.8 Å². The molecule has 0 atom stereocenters. The van der Waals surface area contributed by atoms with Gasteiger partial charge in [0.2, 0.25) is 0 Å². The Hall–Kier alpha value is -0.600. The number of Topliss-reactive ketones (excluding diaryl/α,β-unsaturated/α-hetero) is 1. The number of halogens is 2. The van der Waals surface area contributed by atoms with Gasteiger partial charge >= 0.3 is 0 Å². The van der Waals surface area contributed by atoms with Gasteiger partial charge in [-0.2, -0.15) is 0 Å². The molecule has 64 valence electrons. The number of nitrogens with zero attached hydrogens (tertiary/aromatic N) is 1. The third-order valence-corrected chi connectivity index (χ3v) is 2.10. The normalized spacial score (nSPS) is 9.92. The van der Waals surface area contributed by atoms with E-state index in [1.54, 1.807) is 13.0 Å². The van der Waals surface area contributed by atoms with Crippen molar-refractivity contribution in [3.05, 3.63) is 28.5 Å². The molecular formula is C8H7Cl2NO. The van der Waals surface area contributed by atoms with E-state index in [0.717, 1.165) is 5.56 Å². The van der Waals surface area contributed by atoms with Crippen molar-refractivity contribution in [2.75, 3.05) is 5.88 Å². The summed E-state index contributed by atoms with van der Waals surface area (Å²) in [6, 6.07) is 1.68. The van der Waals surface area contributed by atoms with E-state index >= 15 is 0 Å². The molecule has 2 nitrogen and oxygen atoms in total. The fraction of sp³-hybridized carbons (Fsp3) is 0.250. The van der Waals surface area contributed by atoms with Crippen molar-refractivity contribution in [1.29, 1.82) is 0 Å². The minimum Gasteiger partial charge on any atom is -0.293 e. The summed E-state index contributed by atoms with van der Waals surface area (Å²) in [4.78, 5) is 14.9. The lowest BCUT2D eigenvalue weighted by atomic mass is 10.2. The molecule has 0 aliphatic rings. The third kappa shape index (κ3) is 1.96. The molecule has 0 saturated heterocycles. The predicted molar refractivity (Wildman–Crippen MR) is 49.0 cm³/mol. The quantitative estimate of drug-likeness (QED) is 0.420. The second kappa shape index (κ2) is 3.87. The molecule has 0 spiro atoms. The maximum atomic E-state index is 11.1. The van der Waals surface area contributed by atoms with E-state index in [1.165, 1.54) is 6.20 Å². The van der Waals surface area contributed by atoms with Crippen molar-refractivity contribution in [2.24, 2.45) is 0 Å². The molecule has 4 heteroatoms. The Labute approximate surface area is 80.5 Å². The van der Waals surface area contributed by atoms with Gasteiger partial charge in [0.15, 0.2) is 5.78 Å². The number of rotatable bonds is 2. The van der Waals surface area contributed by atoms with E-state index in [0.29, 0.717) is 10.7 Å². The topological polar surface area (TPSA) is 30.0 Å². The average molecular weight is 204 g/mol. The molecule has 0 radical (unpaired) electrons. The lowest BCUT2D eigenvalue weighted by Gasteiger charge is -1.99. The summed E-state index contributed by atoms with van der Waals surface area (Å²) < 4.78 is 0. The van der Waals surface area contributed by atoms with Gasteiger partial charge in [-0.1, -0.05) is 11.6 Å². The van der Waals surface area contributed by atoms with Crippen LogP contribution in [-0.2, 0) is 0 Å². The molecule has 1 aromatic heterocycles. The summed E-state index contributed by atoms with van der Waals surface area (Å²) in [5.41, 5.74) is 1.29. The molecule has 0 amide bonds. The van der Waals surface area contributed by atoms with Crippen molar-refractivity contribution in [1.82, 2.24) is 4.98 Å². The van der Waals surface area contributed by atoms with Gasteiger partial charge in [-0.3, -0.25) is 4.79 Å². The number of hydrogen-bond donors (Lipinski definition) is 0. The second-order valence-corrected chi connectivity index (χ2v) is 3.01. The number of hydrogen-bond acceptors (Lipinski definition) is 2. The number of alkyl halides is 1. The standard InChI is InChI=1S/C8H7Cl2NO/c1-5-2-6(7(12)3-9)4-11-8(5)10/h2,4H,3H2,1H3. The molecule has 0 saturated carbocycles. The lowest BCUT2D eigenvalue weighted by Crippen LogP contribution is -2.01. The Balaban J connectivity index is 3.05. The number of pyridine rings is 1. The molecule has 1 rings (SSSR count). The Bertz CT molecular complexity index is 312. The first-order valence-electron chi connectivity index (χ1n) is 3.36. The summed E-state index contributed by atoms with van der Waals surface area (Å²) in [6.07, 6.45) is 1.43. The lowest BCUT2D eigenvalue weighted by molar-refractivity contribution is 0.102. The van der Waals surface area contributed by atoms with E-state index in [2.05, 4.69) is 4.98 Å². The number of aromatic nitrogens is 1. The largest absolute Gasteiger partial charge is 0.293 e. The van der Waals surface area contributed by atoms with Crippen LogP contribution in [0.2, 0.25) is 5.15 Å². The van der Waals surface area contributed by atoms with Gasteiger partial charge in [0.1, 0.15) is 5.15 Å². The summed E-state index contributed by atoms with van der Waals surface area (Å²) in [6.45, 7) is 1.79.